The molecule has 4 nitrogen and oxygen atoms in total. The molecule has 2 aromatic rings. The van der Waals surface area contributed by atoms with Gasteiger partial charge in [0.1, 0.15) is 5.82 Å². The SMILES string of the molecule is C1CCOC1.O=c1ccc(-c2ccc(F)c3c2CCN3)c[nH]1. The van der Waals surface area contributed by atoms with Crippen molar-refractivity contribution < 1.29 is 9.13 Å². The van der Waals surface area contributed by atoms with E-state index in [1.54, 1.807) is 18.3 Å². The van der Waals surface area contributed by atoms with Gasteiger partial charge in [-0.25, -0.2) is 4.39 Å². The second-order valence-corrected chi connectivity index (χ2v) is 5.39. The maximum Gasteiger partial charge on any atom is 0.247 e. The molecule has 4 rings (SSSR count). The lowest BCUT2D eigenvalue weighted by atomic mass is 9.99. The number of hydrogen-bond donors (Lipinski definition) is 2. The van der Waals surface area contributed by atoms with E-state index in [9.17, 15) is 9.18 Å². The van der Waals surface area contributed by atoms with Crippen LogP contribution in [0.2, 0.25) is 0 Å². The van der Waals surface area contributed by atoms with Crippen LogP contribution < -0.4 is 10.9 Å². The molecule has 0 unspecified atom stereocenters. The van der Waals surface area contributed by atoms with Gasteiger partial charge in [-0.3, -0.25) is 4.79 Å². The Hall–Kier alpha value is -2.14. The highest BCUT2D eigenvalue weighted by molar-refractivity contribution is 5.75. The first kappa shape index (κ1) is 14.8. The number of rotatable bonds is 1. The topological polar surface area (TPSA) is 54.1 Å². The van der Waals surface area contributed by atoms with E-state index in [0.29, 0.717) is 5.69 Å². The predicted octanol–water partition coefficient (Wildman–Crippen LogP) is 2.95. The van der Waals surface area contributed by atoms with Crippen molar-refractivity contribution in [2.24, 2.45) is 0 Å². The first-order valence-electron chi connectivity index (χ1n) is 7.58. The van der Waals surface area contributed by atoms with Crippen LogP contribution in [0.1, 0.15) is 18.4 Å². The summed E-state index contributed by atoms with van der Waals surface area (Å²) in [5.41, 5.74) is 3.32. The zero-order valence-electron chi connectivity index (χ0n) is 12.3. The fourth-order valence-corrected chi connectivity index (χ4v) is 2.74. The molecule has 0 aliphatic carbocycles. The van der Waals surface area contributed by atoms with Gasteiger partial charge in [-0.1, -0.05) is 6.07 Å². The summed E-state index contributed by atoms with van der Waals surface area (Å²) in [5.74, 6) is -0.217. The number of ether oxygens (including phenoxy) is 1. The monoisotopic (exact) mass is 302 g/mol. The normalized spacial score (nSPS) is 15.7. The van der Waals surface area contributed by atoms with Gasteiger partial charge < -0.3 is 15.0 Å². The number of nitrogens with one attached hydrogen (secondary N) is 2. The maximum atomic E-state index is 13.5. The van der Waals surface area contributed by atoms with E-state index in [1.165, 1.54) is 25.0 Å². The fourth-order valence-electron chi connectivity index (χ4n) is 2.74. The molecule has 22 heavy (non-hydrogen) atoms. The fraction of sp³-hybridized carbons (Fsp3) is 0.353. The predicted molar refractivity (Wildman–Crippen MR) is 84.7 cm³/mol. The number of H-pyrrole nitrogens is 1. The number of hydrogen-bond acceptors (Lipinski definition) is 3. The molecule has 1 aromatic carbocycles. The number of pyridine rings is 1. The second-order valence-electron chi connectivity index (χ2n) is 5.39. The number of benzene rings is 1. The lowest BCUT2D eigenvalue weighted by molar-refractivity contribution is 0.198. The van der Waals surface area contributed by atoms with Crippen LogP contribution in [0.25, 0.3) is 11.1 Å². The quantitative estimate of drug-likeness (QED) is 0.851. The van der Waals surface area contributed by atoms with E-state index in [0.717, 1.165) is 42.9 Å². The maximum absolute atomic E-state index is 13.5. The zero-order valence-corrected chi connectivity index (χ0v) is 12.3. The van der Waals surface area contributed by atoms with Crippen molar-refractivity contribution in [2.75, 3.05) is 25.1 Å². The van der Waals surface area contributed by atoms with E-state index in [-0.39, 0.29) is 11.4 Å². The van der Waals surface area contributed by atoms with Crippen molar-refractivity contribution >= 4 is 5.69 Å². The Balaban J connectivity index is 0.000000246. The molecule has 3 heterocycles. The average molecular weight is 302 g/mol. The zero-order chi connectivity index (χ0) is 15.4. The summed E-state index contributed by atoms with van der Waals surface area (Å²) >= 11 is 0. The number of anilines is 1. The van der Waals surface area contributed by atoms with E-state index in [2.05, 4.69) is 10.3 Å². The molecular formula is C17H19FN2O2. The molecule has 0 amide bonds. The summed E-state index contributed by atoms with van der Waals surface area (Å²) in [4.78, 5) is 13.6. The largest absolute Gasteiger partial charge is 0.382 e. The minimum atomic E-state index is -0.217. The van der Waals surface area contributed by atoms with E-state index in [1.807, 2.05) is 0 Å². The average Bonchev–Trinajstić information content (AvgIpc) is 3.24. The van der Waals surface area contributed by atoms with Gasteiger partial charge in [-0.15, -0.1) is 0 Å². The molecule has 0 saturated carbocycles. The minimum Gasteiger partial charge on any atom is -0.382 e. The van der Waals surface area contributed by atoms with Crippen molar-refractivity contribution in [3.8, 4) is 11.1 Å². The number of aromatic amines is 1. The van der Waals surface area contributed by atoms with Crippen LogP contribution >= 0.6 is 0 Å². The Labute approximate surface area is 128 Å². The molecule has 0 radical (unpaired) electrons. The van der Waals surface area contributed by atoms with Crippen molar-refractivity contribution in [3.63, 3.8) is 0 Å². The lowest BCUT2D eigenvalue weighted by Gasteiger charge is -2.08. The highest BCUT2D eigenvalue weighted by Crippen LogP contribution is 2.34. The van der Waals surface area contributed by atoms with Gasteiger partial charge in [0, 0.05) is 32.0 Å². The van der Waals surface area contributed by atoms with Crippen LogP contribution in [0.15, 0.2) is 35.3 Å². The molecule has 2 aliphatic heterocycles. The van der Waals surface area contributed by atoms with Gasteiger partial charge >= 0.3 is 0 Å². The molecule has 0 bridgehead atoms. The molecule has 2 N–H and O–H groups in total. The van der Waals surface area contributed by atoms with Crippen molar-refractivity contribution in [1.82, 2.24) is 4.98 Å². The van der Waals surface area contributed by atoms with E-state index in [4.69, 9.17) is 4.74 Å². The van der Waals surface area contributed by atoms with Crippen LogP contribution in [0.5, 0.6) is 0 Å². The summed E-state index contributed by atoms with van der Waals surface area (Å²) in [5, 5.41) is 3.04. The number of fused-ring (bicyclic) bond motifs is 1. The second kappa shape index (κ2) is 6.75. The Bertz CT molecular complexity index is 680. The molecule has 0 atom stereocenters. The van der Waals surface area contributed by atoms with Crippen molar-refractivity contribution in [1.29, 1.82) is 0 Å². The smallest absolute Gasteiger partial charge is 0.247 e. The minimum absolute atomic E-state index is 0.134. The third-order valence-corrected chi connectivity index (χ3v) is 3.86. The highest BCUT2D eigenvalue weighted by atomic mass is 19.1. The molecule has 1 saturated heterocycles. The molecular weight excluding hydrogens is 283 g/mol. The molecule has 5 heteroatoms. The third kappa shape index (κ3) is 3.20. The molecule has 116 valence electrons. The van der Waals surface area contributed by atoms with Gasteiger partial charge in [0.15, 0.2) is 0 Å². The molecule has 1 fully saturated rings. The standard InChI is InChI=1S/C13H11FN2O.C4H8O/c14-11-3-2-9(10-5-6-15-13(10)11)8-1-4-12(17)16-7-8;1-2-4-5-3-1/h1-4,7,15H,5-6H2,(H,16,17);1-4H2. The van der Waals surface area contributed by atoms with Crippen molar-refractivity contribution in [3.05, 3.63) is 52.2 Å². The molecule has 1 aromatic heterocycles. The van der Waals surface area contributed by atoms with Crippen LogP contribution in [0.4, 0.5) is 10.1 Å². The Morgan fingerprint density at radius 1 is 1.09 bits per heavy atom. The van der Waals surface area contributed by atoms with Gasteiger partial charge in [0.05, 0.1) is 5.69 Å². The highest BCUT2D eigenvalue weighted by Gasteiger charge is 2.18. The summed E-state index contributed by atoms with van der Waals surface area (Å²) in [6.07, 6.45) is 5.02. The summed E-state index contributed by atoms with van der Waals surface area (Å²) < 4.78 is 18.5. The Kier molecular flexibility index (Phi) is 4.53. The molecule has 0 spiro atoms. The third-order valence-electron chi connectivity index (χ3n) is 3.86. The van der Waals surface area contributed by atoms with Crippen LogP contribution in [-0.4, -0.2) is 24.7 Å². The van der Waals surface area contributed by atoms with Crippen molar-refractivity contribution in [2.45, 2.75) is 19.3 Å². The van der Waals surface area contributed by atoms with E-state index < -0.39 is 0 Å². The van der Waals surface area contributed by atoms with Gasteiger partial charge in [-0.05, 0) is 48.1 Å². The van der Waals surface area contributed by atoms with Crippen LogP contribution in [0, 0.1) is 5.82 Å². The van der Waals surface area contributed by atoms with E-state index >= 15 is 0 Å². The Morgan fingerprint density at radius 3 is 2.55 bits per heavy atom. The van der Waals surface area contributed by atoms with Gasteiger partial charge in [0.2, 0.25) is 5.56 Å². The van der Waals surface area contributed by atoms with Crippen LogP contribution in [0.3, 0.4) is 0 Å². The first-order valence-corrected chi connectivity index (χ1v) is 7.58. The summed E-state index contributed by atoms with van der Waals surface area (Å²) in [6.45, 7) is 2.76. The lowest BCUT2D eigenvalue weighted by Crippen LogP contribution is -2.02. The molecule has 2 aliphatic rings. The first-order chi connectivity index (χ1) is 10.8. The Morgan fingerprint density at radius 2 is 1.91 bits per heavy atom. The van der Waals surface area contributed by atoms with Crippen LogP contribution in [-0.2, 0) is 11.2 Å². The summed E-state index contributed by atoms with van der Waals surface area (Å²) in [7, 11) is 0. The summed E-state index contributed by atoms with van der Waals surface area (Å²) in [6, 6.07) is 6.45. The van der Waals surface area contributed by atoms with Gasteiger partial charge in [-0.2, -0.15) is 0 Å². The number of aromatic nitrogens is 1. The number of halogens is 1. The van der Waals surface area contributed by atoms with Gasteiger partial charge in [0.25, 0.3) is 0 Å².